The number of ether oxygens (including phenoxy) is 2. The number of rotatable bonds is 8. The van der Waals surface area contributed by atoms with Crippen molar-refractivity contribution in [2.45, 2.75) is 20.0 Å². The second-order valence-corrected chi connectivity index (χ2v) is 6.11. The SMILES string of the molecule is CCOc1ccc(-c2noc(CN(C)Cc3ccc(OC)c(F)c3)n2)cc1. The number of halogens is 1. The molecule has 1 aromatic heterocycles. The van der Waals surface area contributed by atoms with E-state index in [0.29, 0.717) is 31.4 Å². The van der Waals surface area contributed by atoms with Crippen molar-refractivity contribution >= 4 is 0 Å². The van der Waals surface area contributed by atoms with E-state index >= 15 is 0 Å². The zero-order valence-electron chi connectivity index (χ0n) is 15.6. The van der Waals surface area contributed by atoms with E-state index in [-0.39, 0.29) is 11.6 Å². The van der Waals surface area contributed by atoms with Gasteiger partial charge in [-0.1, -0.05) is 11.2 Å². The van der Waals surface area contributed by atoms with Crippen LogP contribution in [0.2, 0.25) is 0 Å². The molecule has 0 aliphatic carbocycles. The Morgan fingerprint density at radius 2 is 1.89 bits per heavy atom. The zero-order valence-corrected chi connectivity index (χ0v) is 15.6. The highest BCUT2D eigenvalue weighted by atomic mass is 19.1. The van der Waals surface area contributed by atoms with E-state index in [1.165, 1.54) is 13.2 Å². The lowest BCUT2D eigenvalue weighted by Crippen LogP contribution is -2.17. The van der Waals surface area contributed by atoms with Crippen LogP contribution in [0.25, 0.3) is 11.4 Å². The molecule has 27 heavy (non-hydrogen) atoms. The summed E-state index contributed by atoms with van der Waals surface area (Å²) in [7, 11) is 3.35. The Balaban J connectivity index is 1.62. The normalized spacial score (nSPS) is 11.0. The first kappa shape index (κ1) is 18.8. The molecule has 0 atom stereocenters. The highest BCUT2D eigenvalue weighted by molar-refractivity contribution is 5.55. The Kier molecular flexibility index (Phi) is 6.03. The van der Waals surface area contributed by atoms with Gasteiger partial charge < -0.3 is 14.0 Å². The van der Waals surface area contributed by atoms with E-state index in [4.69, 9.17) is 14.0 Å². The molecular weight excluding hydrogens is 349 g/mol. The van der Waals surface area contributed by atoms with Crippen LogP contribution in [0.5, 0.6) is 11.5 Å². The van der Waals surface area contributed by atoms with Crippen molar-refractivity contribution in [1.82, 2.24) is 15.0 Å². The van der Waals surface area contributed by atoms with E-state index in [0.717, 1.165) is 16.9 Å². The standard InChI is InChI=1S/C20H22FN3O3/c1-4-26-16-8-6-15(7-9-16)20-22-19(27-23-20)13-24(2)12-14-5-10-18(25-3)17(21)11-14/h5-11H,4,12-13H2,1-3H3. The lowest BCUT2D eigenvalue weighted by molar-refractivity contribution is 0.260. The predicted molar refractivity (Wildman–Crippen MR) is 99.0 cm³/mol. The summed E-state index contributed by atoms with van der Waals surface area (Å²) >= 11 is 0. The van der Waals surface area contributed by atoms with Crippen LogP contribution in [-0.4, -0.2) is 35.8 Å². The van der Waals surface area contributed by atoms with E-state index < -0.39 is 0 Å². The molecule has 0 aliphatic rings. The Morgan fingerprint density at radius 1 is 1.11 bits per heavy atom. The van der Waals surface area contributed by atoms with Gasteiger partial charge in [0.25, 0.3) is 0 Å². The largest absolute Gasteiger partial charge is 0.494 e. The Labute approximate surface area is 157 Å². The van der Waals surface area contributed by atoms with E-state index in [1.54, 1.807) is 6.07 Å². The van der Waals surface area contributed by atoms with Gasteiger partial charge in [-0.25, -0.2) is 4.39 Å². The van der Waals surface area contributed by atoms with Crippen molar-refractivity contribution in [3.05, 3.63) is 59.7 Å². The maximum atomic E-state index is 13.8. The minimum Gasteiger partial charge on any atom is -0.494 e. The first-order valence-corrected chi connectivity index (χ1v) is 8.65. The molecular formula is C20H22FN3O3. The van der Waals surface area contributed by atoms with Gasteiger partial charge in [0, 0.05) is 12.1 Å². The van der Waals surface area contributed by atoms with Crippen molar-refractivity contribution in [2.75, 3.05) is 20.8 Å². The molecule has 0 saturated heterocycles. The summed E-state index contributed by atoms with van der Waals surface area (Å²) in [6.45, 7) is 3.56. The van der Waals surface area contributed by atoms with Crippen LogP contribution in [0.4, 0.5) is 4.39 Å². The summed E-state index contributed by atoms with van der Waals surface area (Å²) in [5, 5.41) is 4.03. The molecule has 7 heteroatoms. The summed E-state index contributed by atoms with van der Waals surface area (Å²) < 4.78 is 29.5. The lowest BCUT2D eigenvalue weighted by atomic mass is 10.2. The number of benzene rings is 2. The number of nitrogens with zero attached hydrogens (tertiary/aromatic N) is 3. The molecule has 0 N–H and O–H groups in total. The zero-order chi connectivity index (χ0) is 19.2. The molecule has 0 radical (unpaired) electrons. The lowest BCUT2D eigenvalue weighted by Gasteiger charge is -2.14. The molecule has 0 unspecified atom stereocenters. The molecule has 6 nitrogen and oxygen atoms in total. The second kappa shape index (κ2) is 8.64. The summed E-state index contributed by atoms with van der Waals surface area (Å²) in [5.74, 6) is 1.68. The van der Waals surface area contributed by atoms with Crippen LogP contribution < -0.4 is 9.47 Å². The number of hydrogen-bond acceptors (Lipinski definition) is 6. The van der Waals surface area contributed by atoms with Gasteiger partial charge in [-0.15, -0.1) is 0 Å². The van der Waals surface area contributed by atoms with Gasteiger partial charge in [-0.2, -0.15) is 4.98 Å². The van der Waals surface area contributed by atoms with Crippen molar-refractivity contribution in [2.24, 2.45) is 0 Å². The van der Waals surface area contributed by atoms with Gasteiger partial charge in [0.2, 0.25) is 11.7 Å². The van der Waals surface area contributed by atoms with E-state index in [2.05, 4.69) is 10.1 Å². The number of aromatic nitrogens is 2. The first-order chi connectivity index (χ1) is 13.1. The van der Waals surface area contributed by atoms with Crippen molar-refractivity contribution in [1.29, 1.82) is 0 Å². The van der Waals surface area contributed by atoms with E-state index in [9.17, 15) is 4.39 Å². The fraction of sp³-hybridized carbons (Fsp3) is 0.300. The minimum absolute atomic E-state index is 0.235. The molecule has 0 aliphatic heterocycles. The third-order valence-corrected chi connectivity index (χ3v) is 3.97. The molecule has 2 aromatic carbocycles. The fourth-order valence-electron chi connectivity index (χ4n) is 2.71. The van der Waals surface area contributed by atoms with Crippen LogP contribution in [0.3, 0.4) is 0 Å². The smallest absolute Gasteiger partial charge is 0.241 e. The van der Waals surface area contributed by atoms with Crippen molar-refractivity contribution in [3.63, 3.8) is 0 Å². The van der Waals surface area contributed by atoms with Crippen LogP contribution in [0.15, 0.2) is 47.0 Å². The van der Waals surface area contributed by atoms with Crippen LogP contribution in [0.1, 0.15) is 18.4 Å². The van der Waals surface area contributed by atoms with Crippen molar-refractivity contribution < 1.29 is 18.4 Å². The molecule has 1 heterocycles. The average molecular weight is 371 g/mol. The topological polar surface area (TPSA) is 60.6 Å². The fourth-order valence-corrected chi connectivity index (χ4v) is 2.71. The molecule has 0 saturated carbocycles. The maximum Gasteiger partial charge on any atom is 0.241 e. The van der Waals surface area contributed by atoms with Gasteiger partial charge >= 0.3 is 0 Å². The Bertz CT molecular complexity index is 880. The van der Waals surface area contributed by atoms with Crippen LogP contribution in [0, 0.1) is 5.82 Å². The molecule has 3 rings (SSSR count). The highest BCUT2D eigenvalue weighted by Crippen LogP contribution is 2.21. The van der Waals surface area contributed by atoms with Gasteiger partial charge in [0.1, 0.15) is 5.75 Å². The first-order valence-electron chi connectivity index (χ1n) is 8.65. The monoisotopic (exact) mass is 371 g/mol. The number of methoxy groups -OCH3 is 1. The maximum absolute atomic E-state index is 13.8. The Hall–Kier alpha value is -2.93. The van der Waals surface area contributed by atoms with E-state index in [1.807, 2.05) is 49.2 Å². The summed E-state index contributed by atoms with van der Waals surface area (Å²) in [6.07, 6.45) is 0. The average Bonchev–Trinajstić information content (AvgIpc) is 3.11. The second-order valence-electron chi connectivity index (χ2n) is 6.11. The van der Waals surface area contributed by atoms with Gasteiger partial charge in [-0.3, -0.25) is 4.90 Å². The van der Waals surface area contributed by atoms with Gasteiger partial charge in [0.15, 0.2) is 11.6 Å². The van der Waals surface area contributed by atoms with Gasteiger partial charge in [0.05, 0.1) is 20.3 Å². The molecule has 0 fully saturated rings. The molecule has 142 valence electrons. The van der Waals surface area contributed by atoms with Crippen molar-refractivity contribution in [3.8, 4) is 22.9 Å². The quantitative estimate of drug-likeness (QED) is 0.598. The molecule has 0 bridgehead atoms. The third kappa shape index (κ3) is 4.83. The Morgan fingerprint density at radius 3 is 2.56 bits per heavy atom. The summed E-state index contributed by atoms with van der Waals surface area (Å²) in [5.41, 5.74) is 1.69. The van der Waals surface area contributed by atoms with Crippen LogP contribution >= 0.6 is 0 Å². The minimum atomic E-state index is -0.376. The summed E-state index contributed by atoms with van der Waals surface area (Å²) in [6, 6.07) is 12.5. The molecule has 3 aromatic rings. The number of hydrogen-bond donors (Lipinski definition) is 0. The predicted octanol–water partition coefficient (Wildman–Crippen LogP) is 3.92. The van der Waals surface area contributed by atoms with Crippen LogP contribution in [-0.2, 0) is 13.1 Å². The highest BCUT2D eigenvalue weighted by Gasteiger charge is 2.12. The third-order valence-electron chi connectivity index (χ3n) is 3.97. The molecule has 0 spiro atoms. The molecule has 0 amide bonds. The summed E-state index contributed by atoms with van der Waals surface area (Å²) in [4.78, 5) is 6.40. The van der Waals surface area contributed by atoms with Gasteiger partial charge in [-0.05, 0) is 55.9 Å².